The minimum absolute atomic E-state index is 0.0392. The Morgan fingerprint density at radius 3 is 3.00 bits per heavy atom. The van der Waals surface area contributed by atoms with E-state index in [0.717, 1.165) is 12.1 Å². The maximum absolute atomic E-state index is 10.9. The van der Waals surface area contributed by atoms with Crippen molar-refractivity contribution >= 4 is 38.6 Å². The number of hydrogen-bond acceptors (Lipinski definition) is 6. The van der Waals surface area contributed by atoms with Crippen molar-refractivity contribution in [1.29, 1.82) is 0 Å². The SMILES string of the molecule is O=[N+]([O-])c1cncc(Br)c1NCCc1cscn1. The standard InChI is InChI=1S/C10H9BrN4O2S/c11-8-3-12-4-9(15(16)17)10(8)13-2-1-7-5-18-6-14-7/h3-6H,1-2H2,(H,12,13). The van der Waals surface area contributed by atoms with Crippen LogP contribution in [0.2, 0.25) is 0 Å². The van der Waals surface area contributed by atoms with Gasteiger partial charge in [0.15, 0.2) is 0 Å². The van der Waals surface area contributed by atoms with Crippen LogP contribution in [0, 0.1) is 10.1 Å². The molecule has 8 heteroatoms. The van der Waals surface area contributed by atoms with Crippen LogP contribution in [0.5, 0.6) is 0 Å². The summed E-state index contributed by atoms with van der Waals surface area (Å²) in [4.78, 5) is 18.3. The largest absolute Gasteiger partial charge is 0.378 e. The first-order chi connectivity index (χ1) is 8.68. The summed E-state index contributed by atoms with van der Waals surface area (Å²) in [5.41, 5.74) is 3.15. The third kappa shape index (κ3) is 3.02. The monoisotopic (exact) mass is 328 g/mol. The zero-order valence-electron chi connectivity index (χ0n) is 9.17. The zero-order valence-corrected chi connectivity index (χ0v) is 11.6. The molecule has 0 aliphatic rings. The van der Waals surface area contributed by atoms with Crippen LogP contribution in [0.25, 0.3) is 0 Å². The van der Waals surface area contributed by atoms with E-state index >= 15 is 0 Å². The number of rotatable bonds is 5. The van der Waals surface area contributed by atoms with Gasteiger partial charge in [0.25, 0.3) is 0 Å². The van der Waals surface area contributed by atoms with Crippen LogP contribution in [-0.4, -0.2) is 21.4 Å². The number of hydrogen-bond donors (Lipinski definition) is 1. The Labute approximate surface area is 115 Å². The van der Waals surface area contributed by atoms with Crippen LogP contribution in [0.3, 0.4) is 0 Å². The molecule has 0 saturated heterocycles. The lowest BCUT2D eigenvalue weighted by molar-refractivity contribution is -0.384. The lowest BCUT2D eigenvalue weighted by Gasteiger charge is -2.07. The molecule has 0 fully saturated rings. The Morgan fingerprint density at radius 2 is 2.33 bits per heavy atom. The first kappa shape index (κ1) is 12.9. The second-order valence-corrected chi connectivity index (χ2v) is 5.00. The van der Waals surface area contributed by atoms with E-state index in [1.807, 2.05) is 5.38 Å². The molecule has 2 heterocycles. The Hall–Kier alpha value is -1.54. The van der Waals surface area contributed by atoms with Crippen molar-refractivity contribution in [2.45, 2.75) is 6.42 Å². The molecule has 2 rings (SSSR count). The molecule has 0 unspecified atom stereocenters. The molecule has 94 valence electrons. The number of pyridine rings is 1. The van der Waals surface area contributed by atoms with Gasteiger partial charge in [-0.2, -0.15) is 0 Å². The van der Waals surface area contributed by atoms with Crippen LogP contribution in [-0.2, 0) is 6.42 Å². The summed E-state index contributed by atoms with van der Waals surface area (Å²) in [5, 5.41) is 15.9. The number of thiazole rings is 1. The minimum atomic E-state index is -0.455. The van der Waals surface area contributed by atoms with E-state index in [-0.39, 0.29) is 5.69 Å². The van der Waals surface area contributed by atoms with Crippen LogP contribution >= 0.6 is 27.3 Å². The van der Waals surface area contributed by atoms with Gasteiger partial charge in [-0.15, -0.1) is 11.3 Å². The number of nitrogens with one attached hydrogen (secondary N) is 1. The second-order valence-electron chi connectivity index (χ2n) is 3.43. The fourth-order valence-corrected chi connectivity index (χ4v) is 2.47. The van der Waals surface area contributed by atoms with Crippen LogP contribution in [0.1, 0.15) is 5.69 Å². The van der Waals surface area contributed by atoms with Crippen LogP contribution in [0.15, 0.2) is 27.8 Å². The summed E-state index contributed by atoms with van der Waals surface area (Å²) in [6, 6.07) is 0. The van der Waals surface area contributed by atoms with Gasteiger partial charge >= 0.3 is 5.69 Å². The molecule has 0 aliphatic heterocycles. The highest BCUT2D eigenvalue weighted by molar-refractivity contribution is 9.10. The highest BCUT2D eigenvalue weighted by Gasteiger charge is 2.16. The second kappa shape index (κ2) is 5.87. The Kier molecular flexibility index (Phi) is 4.21. The van der Waals surface area contributed by atoms with Crippen molar-refractivity contribution in [2.75, 3.05) is 11.9 Å². The third-order valence-electron chi connectivity index (χ3n) is 2.24. The topological polar surface area (TPSA) is 81.0 Å². The normalized spacial score (nSPS) is 10.3. The van der Waals surface area contributed by atoms with E-state index in [4.69, 9.17) is 0 Å². The summed E-state index contributed by atoms with van der Waals surface area (Å²) >= 11 is 4.78. The summed E-state index contributed by atoms with van der Waals surface area (Å²) in [5.74, 6) is 0. The predicted molar refractivity (Wildman–Crippen MR) is 72.9 cm³/mol. The Morgan fingerprint density at radius 1 is 1.50 bits per heavy atom. The number of nitro groups is 1. The average Bonchev–Trinajstić information content (AvgIpc) is 2.84. The molecule has 0 saturated carbocycles. The van der Waals surface area contributed by atoms with E-state index in [1.54, 1.807) is 5.51 Å². The minimum Gasteiger partial charge on any atom is -0.378 e. The first-order valence-corrected chi connectivity index (χ1v) is 6.81. The molecule has 0 radical (unpaired) electrons. The van der Waals surface area contributed by atoms with Gasteiger partial charge in [0.1, 0.15) is 11.9 Å². The maximum atomic E-state index is 10.9. The Bertz CT molecular complexity index is 547. The maximum Gasteiger partial charge on any atom is 0.311 e. The quantitative estimate of drug-likeness (QED) is 0.674. The first-order valence-electron chi connectivity index (χ1n) is 5.07. The molecular formula is C10H9BrN4O2S. The van der Waals surface area contributed by atoms with Gasteiger partial charge in [0, 0.05) is 24.5 Å². The van der Waals surface area contributed by atoms with Gasteiger partial charge in [-0.05, 0) is 15.9 Å². The fourth-order valence-electron chi connectivity index (χ4n) is 1.41. The van der Waals surface area contributed by atoms with E-state index in [9.17, 15) is 10.1 Å². The van der Waals surface area contributed by atoms with Crippen molar-refractivity contribution < 1.29 is 4.92 Å². The molecule has 0 atom stereocenters. The molecule has 1 N–H and O–H groups in total. The smallest absolute Gasteiger partial charge is 0.311 e. The molecule has 0 bridgehead atoms. The van der Waals surface area contributed by atoms with Crippen molar-refractivity contribution in [3.8, 4) is 0 Å². The number of anilines is 1. The molecule has 0 spiro atoms. The molecule has 18 heavy (non-hydrogen) atoms. The highest BCUT2D eigenvalue weighted by atomic mass is 79.9. The average molecular weight is 329 g/mol. The van der Waals surface area contributed by atoms with Crippen molar-refractivity contribution in [3.63, 3.8) is 0 Å². The van der Waals surface area contributed by atoms with Crippen molar-refractivity contribution in [1.82, 2.24) is 9.97 Å². The van der Waals surface area contributed by atoms with Crippen LogP contribution in [0.4, 0.5) is 11.4 Å². The number of nitrogens with zero attached hydrogens (tertiary/aromatic N) is 3. The number of halogens is 1. The van der Waals surface area contributed by atoms with Gasteiger partial charge in [0.2, 0.25) is 0 Å². The van der Waals surface area contributed by atoms with E-state index in [1.165, 1.54) is 23.7 Å². The van der Waals surface area contributed by atoms with E-state index < -0.39 is 4.92 Å². The van der Waals surface area contributed by atoms with Crippen LogP contribution < -0.4 is 5.32 Å². The van der Waals surface area contributed by atoms with Gasteiger partial charge in [-0.3, -0.25) is 15.1 Å². The summed E-state index contributed by atoms with van der Waals surface area (Å²) in [6.45, 7) is 0.577. The molecule has 2 aromatic rings. The van der Waals surface area contributed by atoms with E-state index in [2.05, 4.69) is 31.2 Å². The van der Waals surface area contributed by atoms with Gasteiger partial charge in [0.05, 0.1) is 20.6 Å². The van der Waals surface area contributed by atoms with Gasteiger partial charge < -0.3 is 5.32 Å². The molecule has 0 aliphatic carbocycles. The summed E-state index contributed by atoms with van der Waals surface area (Å²) in [6.07, 6.45) is 3.48. The lowest BCUT2D eigenvalue weighted by atomic mass is 10.3. The molecule has 0 amide bonds. The predicted octanol–water partition coefficient (Wildman–Crippen LogP) is 2.86. The van der Waals surface area contributed by atoms with Crippen molar-refractivity contribution in [2.24, 2.45) is 0 Å². The fraction of sp³-hybridized carbons (Fsp3) is 0.200. The summed E-state index contributed by atoms with van der Waals surface area (Å²) in [7, 11) is 0. The molecule has 2 aromatic heterocycles. The zero-order chi connectivity index (χ0) is 13.0. The summed E-state index contributed by atoms with van der Waals surface area (Å²) < 4.78 is 0.579. The van der Waals surface area contributed by atoms with Gasteiger partial charge in [-0.25, -0.2) is 4.98 Å². The highest BCUT2D eigenvalue weighted by Crippen LogP contribution is 2.30. The van der Waals surface area contributed by atoms with E-state index in [0.29, 0.717) is 16.7 Å². The van der Waals surface area contributed by atoms with Crippen molar-refractivity contribution in [3.05, 3.63) is 43.6 Å². The van der Waals surface area contributed by atoms with Gasteiger partial charge in [-0.1, -0.05) is 0 Å². The Balaban J connectivity index is 2.06. The lowest BCUT2D eigenvalue weighted by Crippen LogP contribution is -2.08. The molecular weight excluding hydrogens is 320 g/mol. The molecule has 0 aromatic carbocycles. The third-order valence-corrected chi connectivity index (χ3v) is 3.48. The molecule has 6 nitrogen and oxygen atoms in total. The number of aromatic nitrogens is 2.